The zero-order chi connectivity index (χ0) is 19.7. The molecule has 4 rings (SSSR count). The van der Waals surface area contributed by atoms with Crippen molar-refractivity contribution < 1.29 is 9.31 Å². The van der Waals surface area contributed by atoms with Crippen molar-refractivity contribution in [3.8, 4) is 33.9 Å². The van der Waals surface area contributed by atoms with E-state index in [2.05, 4.69) is 20.9 Å². The monoisotopic (exact) mass is 437 g/mol. The molecule has 0 amide bonds. The molecule has 1 heterocycles. The maximum Gasteiger partial charge on any atom is 0.269 e. The predicted octanol–water partition coefficient (Wildman–Crippen LogP) is 6.22. The fourth-order valence-electron chi connectivity index (χ4n) is 2.92. The van der Waals surface area contributed by atoms with Crippen LogP contribution in [0.25, 0.3) is 33.9 Å². The summed E-state index contributed by atoms with van der Waals surface area (Å²) in [7, 11) is 0. The highest BCUT2D eigenvalue weighted by Crippen LogP contribution is 2.34. The molecule has 0 saturated carbocycles. The largest absolute Gasteiger partial charge is 0.337 e. The molecule has 0 aliphatic heterocycles. The number of aromatic nitrogens is 2. The Morgan fingerprint density at radius 2 is 1.61 bits per heavy atom. The first-order valence-corrected chi connectivity index (χ1v) is 9.18. The summed E-state index contributed by atoms with van der Waals surface area (Å²) in [5.74, 6) is 0.224. The fraction of sp³-hybridized carbons (Fsp3) is 0. The molecule has 4 aromatic rings. The summed E-state index contributed by atoms with van der Waals surface area (Å²) < 4.78 is 13.9. The van der Waals surface area contributed by atoms with Gasteiger partial charge in [-0.2, -0.15) is 0 Å². The van der Waals surface area contributed by atoms with Gasteiger partial charge >= 0.3 is 0 Å². The normalized spacial score (nSPS) is 10.8. The molecule has 1 aromatic heterocycles. The summed E-state index contributed by atoms with van der Waals surface area (Å²) in [5, 5.41) is 10.9. The molecule has 138 valence electrons. The minimum atomic E-state index is -0.434. The van der Waals surface area contributed by atoms with Gasteiger partial charge in [-0.3, -0.25) is 10.1 Å². The Hall–Kier alpha value is -3.32. The number of H-pyrrole nitrogens is 1. The number of nitro benzene ring substituents is 1. The van der Waals surface area contributed by atoms with Crippen molar-refractivity contribution in [3.05, 3.63) is 93.2 Å². The number of non-ortho nitro benzene ring substituents is 1. The van der Waals surface area contributed by atoms with Crippen molar-refractivity contribution in [1.29, 1.82) is 0 Å². The van der Waals surface area contributed by atoms with Crippen LogP contribution in [0, 0.1) is 15.9 Å². The van der Waals surface area contributed by atoms with Gasteiger partial charge in [-0.25, -0.2) is 9.37 Å². The summed E-state index contributed by atoms with van der Waals surface area (Å²) in [6, 6.07) is 20.6. The number of nitrogens with one attached hydrogen (secondary N) is 1. The second-order valence-corrected chi connectivity index (χ2v) is 6.96. The van der Waals surface area contributed by atoms with Crippen LogP contribution in [0.3, 0.4) is 0 Å². The lowest BCUT2D eigenvalue weighted by Crippen LogP contribution is -1.88. The maximum atomic E-state index is 13.6. The Bertz CT molecular complexity index is 1160. The molecule has 0 saturated heterocycles. The Kier molecular flexibility index (Phi) is 4.75. The lowest BCUT2D eigenvalue weighted by molar-refractivity contribution is -0.384. The van der Waals surface area contributed by atoms with Crippen molar-refractivity contribution in [3.63, 3.8) is 0 Å². The topological polar surface area (TPSA) is 71.8 Å². The minimum Gasteiger partial charge on any atom is -0.337 e. The summed E-state index contributed by atoms with van der Waals surface area (Å²) >= 11 is 3.20. The fourth-order valence-corrected chi connectivity index (χ4v) is 3.30. The standard InChI is InChI=1S/C21H13BrFN3O2/c22-17-12-15(8-11-18(17)23)21-24-19(13-4-2-1-3-5-13)20(25-21)14-6-9-16(10-7-14)26(27)28/h1-12H,(H,24,25). The smallest absolute Gasteiger partial charge is 0.269 e. The first kappa shape index (κ1) is 18.1. The third-order valence-corrected chi connectivity index (χ3v) is 4.92. The molecule has 5 nitrogen and oxygen atoms in total. The molecule has 28 heavy (non-hydrogen) atoms. The highest BCUT2D eigenvalue weighted by molar-refractivity contribution is 9.10. The summed E-state index contributed by atoms with van der Waals surface area (Å²) in [6.07, 6.45) is 0. The average molecular weight is 438 g/mol. The van der Waals surface area contributed by atoms with E-state index in [1.165, 1.54) is 18.2 Å². The zero-order valence-corrected chi connectivity index (χ0v) is 16.0. The van der Waals surface area contributed by atoms with Gasteiger partial charge in [0.15, 0.2) is 0 Å². The second kappa shape index (κ2) is 7.36. The van der Waals surface area contributed by atoms with Crippen LogP contribution in [0.1, 0.15) is 0 Å². The maximum absolute atomic E-state index is 13.6. The molecule has 0 aliphatic carbocycles. The number of nitrogens with zero attached hydrogens (tertiary/aromatic N) is 2. The molecule has 0 aliphatic rings. The van der Waals surface area contributed by atoms with E-state index in [1.54, 1.807) is 24.3 Å². The van der Waals surface area contributed by atoms with E-state index in [0.717, 1.165) is 22.4 Å². The Balaban J connectivity index is 1.87. The number of hydrogen-bond acceptors (Lipinski definition) is 3. The van der Waals surface area contributed by atoms with Gasteiger partial charge in [0, 0.05) is 28.8 Å². The number of rotatable bonds is 4. The predicted molar refractivity (Wildman–Crippen MR) is 109 cm³/mol. The van der Waals surface area contributed by atoms with E-state index in [9.17, 15) is 14.5 Å². The lowest BCUT2D eigenvalue weighted by atomic mass is 10.0. The zero-order valence-electron chi connectivity index (χ0n) is 14.4. The van der Waals surface area contributed by atoms with Crippen LogP contribution in [0.4, 0.5) is 10.1 Å². The van der Waals surface area contributed by atoms with Crippen LogP contribution in [0.15, 0.2) is 77.3 Å². The molecular formula is C21H13BrFN3O2. The van der Waals surface area contributed by atoms with Crippen molar-refractivity contribution in [2.24, 2.45) is 0 Å². The number of nitro groups is 1. The average Bonchev–Trinajstić information content (AvgIpc) is 3.16. The van der Waals surface area contributed by atoms with Crippen molar-refractivity contribution in [1.82, 2.24) is 9.97 Å². The van der Waals surface area contributed by atoms with Crippen LogP contribution in [0.2, 0.25) is 0 Å². The molecule has 0 atom stereocenters. The number of hydrogen-bond donors (Lipinski definition) is 1. The number of benzene rings is 3. The summed E-state index contributed by atoms with van der Waals surface area (Å²) in [5.41, 5.74) is 3.86. The van der Waals surface area contributed by atoms with Gasteiger partial charge in [0.25, 0.3) is 5.69 Å². The number of imidazole rings is 1. The van der Waals surface area contributed by atoms with Crippen LogP contribution in [0.5, 0.6) is 0 Å². The van der Waals surface area contributed by atoms with E-state index < -0.39 is 4.92 Å². The highest BCUT2D eigenvalue weighted by atomic mass is 79.9. The van der Waals surface area contributed by atoms with Gasteiger partial charge in [-0.15, -0.1) is 0 Å². The molecule has 0 spiro atoms. The van der Waals surface area contributed by atoms with E-state index in [4.69, 9.17) is 4.98 Å². The molecule has 0 bridgehead atoms. The molecule has 0 unspecified atom stereocenters. The first-order valence-electron chi connectivity index (χ1n) is 8.38. The van der Waals surface area contributed by atoms with Crippen LogP contribution in [-0.2, 0) is 0 Å². The number of aromatic amines is 1. The third kappa shape index (κ3) is 3.44. The van der Waals surface area contributed by atoms with Gasteiger partial charge in [-0.1, -0.05) is 30.3 Å². The quantitative estimate of drug-likeness (QED) is 0.304. The summed E-state index contributed by atoms with van der Waals surface area (Å²) in [4.78, 5) is 18.5. The SMILES string of the molecule is O=[N+]([O-])c1ccc(-c2[nH]c(-c3ccc(F)c(Br)c3)nc2-c2ccccc2)cc1. The molecule has 0 fully saturated rings. The third-order valence-electron chi connectivity index (χ3n) is 4.31. The second-order valence-electron chi connectivity index (χ2n) is 6.11. The van der Waals surface area contributed by atoms with Crippen molar-refractivity contribution in [2.45, 2.75) is 0 Å². The van der Waals surface area contributed by atoms with Crippen LogP contribution >= 0.6 is 15.9 Å². The number of halogens is 2. The van der Waals surface area contributed by atoms with Gasteiger partial charge in [0.2, 0.25) is 0 Å². The van der Waals surface area contributed by atoms with E-state index in [-0.39, 0.29) is 11.5 Å². The summed E-state index contributed by atoms with van der Waals surface area (Å²) in [6.45, 7) is 0. The van der Waals surface area contributed by atoms with Gasteiger partial charge < -0.3 is 4.98 Å². The van der Waals surface area contributed by atoms with E-state index >= 15 is 0 Å². The van der Waals surface area contributed by atoms with Crippen LogP contribution in [-0.4, -0.2) is 14.9 Å². The van der Waals surface area contributed by atoms with Gasteiger partial charge in [0.05, 0.1) is 20.8 Å². The molecule has 1 N–H and O–H groups in total. The molecular weight excluding hydrogens is 425 g/mol. The lowest BCUT2D eigenvalue weighted by Gasteiger charge is -2.03. The van der Waals surface area contributed by atoms with E-state index in [0.29, 0.717) is 16.0 Å². The van der Waals surface area contributed by atoms with Gasteiger partial charge in [0.1, 0.15) is 11.6 Å². The van der Waals surface area contributed by atoms with Crippen molar-refractivity contribution >= 4 is 21.6 Å². The van der Waals surface area contributed by atoms with Crippen LogP contribution < -0.4 is 0 Å². The molecule has 3 aromatic carbocycles. The molecule has 7 heteroatoms. The Morgan fingerprint density at radius 1 is 0.929 bits per heavy atom. The Labute approximate surface area is 168 Å². The van der Waals surface area contributed by atoms with E-state index in [1.807, 2.05) is 30.3 Å². The first-order chi connectivity index (χ1) is 13.5. The Morgan fingerprint density at radius 3 is 2.25 bits per heavy atom. The minimum absolute atomic E-state index is 0.0206. The van der Waals surface area contributed by atoms with Crippen molar-refractivity contribution in [2.75, 3.05) is 0 Å². The molecule has 0 radical (unpaired) electrons. The van der Waals surface area contributed by atoms with Gasteiger partial charge in [-0.05, 0) is 46.3 Å². The highest BCUT2D eigenvalue weighted by Gasteiger charge is 2.17.